The number of amidine groups is 1. The van der Waals surface area contributed by atoms with Crippen LogP contribution in [0.15, 0.2) is 4.99 Å². The molecule has 0 saturated heterocycles. The molecule has 80 valence electrons. The Hall–Kier alpha value is -1.30. The molecule has 2 atom stereocenters. The van der Waals surface area contributed by atoms with Crippen molar-refractivity contribution in [3.8, 4) is 0 Å². The highest BCUT2D eigenvalue weighted by Crippen LogP contribution is 2.44. The Kier molecular flexibility index (Phi) is 2.95. The van der Waals surface area contributed by atoms with Crippen LogP contribution in [0.1, 0.15) is 12.8 Å². The van der Waals surface area contributed by atoms with E-state index >= 15 is 0 Å². The summed E-state index contributed by atoms with van der Waals surface area (Å²) in [5.41, 5.74) is 9.69. The van der Waals surface area contributed by atoms with Crippen LogP contribution in [-0.4, -0.2) is 31.2 Å². The summed E-state index contributed by atoms with van der Waals surface area (Å²) in [6, 6.07) is -0.689. The highest BCUT2D eigenvalue weighted by Gasteiger charge is 2.57. The Morgan fingerprint density at radius 3 is 2.93 bits per heavy atom. The molecule has 14 heavy (non-hydrogen) atoms. The zero-order valence-corrected chi connectivity index (χ0v) is 8.03. The van der Waals surface area contributed by atoms with Crippen molar-refractivity contribution in [2.45, 2.75) is 18.4 Å². The Bertz CT molecular complexity index is 263. The molecule has 6 nitrogen and oxygen atoms in total. The van der Waals surface area contributed by atoms with Crippen LogP contribution in [0.4, 0.5) is 0 Å². The summed E-state index contributed by atoms with van der Waals surface area (Å²) in [6.45, 7) is 0.315. The number of nitrogens with zero attached hydrogens (tertiary/aromatic N) is 1. The summed E-state index contributed by atoms with van der Waals surface area (Å²) < 4.78 is 4.55. The van der Waals surface area contributed by atoms with Gasteiger partial charge < -0.3 is 21.3 Å². The van der Waals surface area contributed by atoms with E-state index in [1.807, 2.05) is 0 Å². The molecular formula is C8H14N3O3-. The molecule has 0 radical (unpaired) electrons. The van der Waals surface area contributed by atoms with E-state index in [4.69, 9.17) is 11.5 Å². The maximum Gasteiger partial charge on any atom is 0.326 e. The highest BCUT2D eigenvalue weighted by molar-refractivity contribution is 5.84. The van der Waals surface area contributed by atoms with E-state index in [1.54, 1.807) is 0 Å². The topological polar surface area (TPSA) is 114 Å². The zero-order chi connectivity index (χ0) is 10.8. The van der Waals surface area contributed by atoms with Crippen molar-refractivity contribution in [2.24, 2.45) is 22.4 Å². The average molecular weight is 200 g/mol. The molecule has 1 fully saturated rings. The molecule has 1 unspecified atom stereocenters. The van der Waals surface area contributed by atoms with Gasteiger partial charge in [0.25, 0.3) is 0 Å². The van der Waals surface area contributed by atoms with Crippen molar-refractivity contribution < 1.29 is 14.6 Å². The maximum absolute atomic E-state index is 11.1. The molecule has 0 amide bonds. The lowest BCUT2D eigenvalue weighted by Gasteiger charge is -2.08. The minimum atomic E-state index is -0.859. The molecular weight excluding hydrogens is 186 g/mol. The van der Waals surface area contributed by atoms with Crippen molar-refractivity contribution in [2.75, 3.05) is 13.7 Å². The molecule has 0 bridgehead atoms. The quantitative estimate of drug-likeness (QED) is 0.308. The maximum atomic E-state index is 11.1. The van der Waals surface area contributed by atoms with Crippen LogP contribution in [0.5, 0.6) is 0 Å². The summed E-state index contributed by atoms with van der Waals surface area (Å²) >= 11 is 0. The number of esters is 1. The van der Waals surface area contributed by atoms with Crippen LogP contribution in [0.25, 0.3) is 0 Å². The number of hydrogen-bond acceptors (Lipinski definition) is 5. The van der Waals surface area contributed by atoms with Gasteiger partial charge in [-0.2, -0.15) is 0 Å². The standard InChI is InChI=1S/C8H15N3O3/c1-14-6(12)8(10)4-5(8)2-3-11-7(9)13/h5H,2-4,10H2,1H3,(H3,9,11,13)/p-1/t5?,8-/m1/s1. The molecule has 0 aliphatic heterocycles. The minimum Gasteiger partial charge on any atom is -0.847 e. The molecule has 0 aromatic rings. The summed E-state index contributed by atoms with van der Waals surface area (Å²) in [7, 11) is 1.31. The van der Waals surface area contributed by atoms with Crippen LogP contribution in [-0.2, 0) is 9.53 Å². The van der Waals surface area contributed by atoms with Crippen molar-refractivity contribution in [1.82, 2.24) is 0 Å². The fourth-order valence-electron chi connectivity index (χ4n) is 1.48. The lowest BCUT2D eigenvalue weighted by Crippen LogP contribution is -2.36. The van der Waals surface area contributed by atoms with Crippen LogP contribution >= 0.6 is 0 Å². The summed E-state index contributed by atoms with van der Waals surface area (Å²) in [6.07, 6.45) is 1.18. The van der Waals surface area contributed by atoms with E-state index in [2.05, 4.69) is 9.73 Å². The summed E-state index contributed by atoms with van der Waals surface area (Å²) in [5, 5.41) is 10.3. The first-order valence-electron chi connectivity index (χ1n) is 4.35. The van der Waals surface area contributed by atoms with E-state index in [1.165, 1.54) is 7.11 Å². The third-order valence-electron chi connectivity index (χ3n) is 2.46. The molecule has 4 N–H and O–H groups in total. The van der Waals surface area contributed by atoms with E-state index in [9.17, 15) is 9.90 Å². The van der Waals surface area contributed by atoms with Gasteiger partial charge in [0.2, 0.25) is 0 Å². The lowest BCUT2D eigenvalue weighted by atomic mass is 10.2. The van der Waals surface area contributed by atoms with Crippen LogP contribution in [0, 0.1) is 5.92 Å². The minimum absolute atomic E-state index is 0.0537. The molecule has 6 heteroatoms. The van der Waals surface area contributed by atoms with Gasteiger partial charge in [0, 0.05) is 12.6 Å². The summed E-state index contributed by atoms with van der Waals surface area (Å²) in [4.78, 5) is 14.6. The van der Waals surface area contributed by atoms with E-state index in [0.717, 1.165) is 0 Å². The monoisotopic (exact) mass is 200 g/mol. The highest BCUT2D eigenvalue weighted by atomic mass is 16.5. The number of methoxy groups -OCH3 is 1. The van der Waals surface area contributed by atoms with Crippen molar-refractivity contribution >= 4 is 12.0 Å². The molecule has 1 saturated carbocycles. The van der Waals surface area contributed by atoms with Gasteiger partial charge in [-0.1, -0.05) is 0 Å². The molecule has 1 rings (SSSR count). The van der Waals surface area contributed by atoms with Gasteiger partial charge >= 0.3 is 5.97 Å². The third-order valence-corrected chi connectivity index (χ3v) is 2.46. The van der Waals surface area contributed by atoms with Gasteiger partial charge in [-0.15, -0.1) is 0 Å². The molecule has 0 aromatic heterocycles. The number of ether oxygens (including phenoxy) is 1. The third kappa shape index (κ3) is 2.14. The Labute approximate surface area is 81.9 Å². The van der Waals surface area contributed by atoms with Gasteiger partial charge in [0.05, 0.1) is 7.11 Å². The number of carbonyl (C=O) groups excluding carboxylic acids is 1. The molecule has 0 aromatic carbocycles. The van der Waals surface area contributed by atoms with Crippen LogP contribution in [0.2, 0.25) is 0 Å². The predicted molar refractivity (Wildman–Crippen MR) is 48.1 cm³/mol. The first-order chi connectivity index (χ1) is 6.50. The number of nitrogens with two attached hydrogens (primary N) is 2. The van der Waals surface area contributed by atoms with E-state index in [-0.39, 0.29) is 5.92 Å². The smallest absolute Gasteiger partial charge is 0.326 e. The molecule has 1 aliphatic rings. The SMILES string of the molecule is COC(=O)[C@@]1(N)CC1CCN=C(N)[O-]. The molecule has 0 heterocycles. The molecule has 1 aliphatic carbocycles. The fourth-order valence-corrected chi connectivity index (χ4v) is 1.48. The average Bonchev–Trinajstić information content (AvgIpc) is 2.77. The Balaban J connectivity index is 2.32. The molecule has 0 spiro atoms. The zero-order valence-electron chi connectivity index (χ0n) is 8.03. The number of carbonyl (C=O) groups is 1. The van der Waals surface area contributed by atoms with Gasteiger partial charge in [-0.3, -0.25) is 9.79 Å². The number of hydrogen-bond donors (Lipinski definition) is 2. The van der Waals surface area contributed by atoms with Crippen LogP contribution in [0.3, 0.4) is 0 Å². The van der Waals surface area contributed by atoms with Crippen LogP contribution < -0.4 is 16.6 Å². The number of aliphatic imine (C=N–C) groups is 1. The second-order valence-electron chi connectivity index (χ2n) is 3.44. The summed E-state index contributed by atoms with van der Waals surface area (Å²) in [5.74, 6) is -0.348. The first kappa shape index (κ1) is 10.8. The van der Waals surface area contributed by atoms with Crippen molar-refractivity contribution in [3.05, 3.63) is 0 Å². The Morgan fingerprint density at radius 1 is 1.79 bits per heavy atom. The predicted octanol–water partition coefficient (Wildman–Crippen LogP) is -2.06. The van der Waals surface area contributed by atoms with E-state index in [0.29, 0.717) is 19.4 Å². The normalized spacial score (nSPS) is 31.3. The van der Waals surface area contributed by atoms with Crippen molar-refractivity contribution in [3.63, 3.8) is 0 Å². The first-order valence-corrected chi connectivity index (χ1v) is 4.35. The fraction of sp³-hybridized carbons (Fsp3) is 0.750. The largest absolute Gasteiger partial charge is 0.847 e. The van der Waals surface area contributed by atoms with Gasteiger partial charge in [0.1, 0.15) is 5.54 Å². The Morgan fingerprint density at radius 2 is 2.43 bits per heavy atom. The number of rotatable bonds is 4. The lowest BCUT2D eigenvalue weighted by molar-refractivity contribution is -0.217. The van der Waals surface area contributed by atoms with Gasteiger partial charge in [0.15, 0.2) is 0 Å². The van der Waals surface area contributed by atoms with Gasteiger partial charge in [-0.05, 0) is 18.8 Å². The second-order valence-corrected chi connectivity index (χ2v) is 3.44. The van der Waals surface area contributed by atoms with Gasteiger partial charge in [-0.25, -0.2) is 0 Å². The second kappa shape index (κ2) is 3.83. The van der Waals surface area contributed by atoms with Crippen molar-refractivity contribution in [1.29, 1.82) is 0 Å². The van der Waals surface area contributed by atoms with E-state index < -0.39 is 17.5 Å².